The Labute approximate surface area is 141 Å². The van der Waals surface area contributed by atoms with Gasteiger partial charge in [-0.25, -0.2) is 13.4 Å². The molecular weight excluding hydrogens is 328 g/mol. The number of carbonyl (C=O) groups excluding carboxylic acids is 1. The predicted octanol–water partition coefficient (Wildman–Crippen LogP) is 1.42. The molecule has 0 unspecified atom stereocenters. The van der Waals surface area contributed by atoms with E-state index < -0.39 is 9.84 Å². The third-order valence-corrected chi connectivity index (χ3v) is 5.32. The van der Waals surface area contributed by atoms with Crippen molar-refractivity contribution in [1.82, 2.24) is 20.1 Å². The highest BCUT2D eigenvalue weighted by atomic mass is 32.2. The molecule has 1 amide bonds. The first-order chi connectivity index (χ1) is 11.3. The first-order valence-electron chi connectivity index (χ1n) is 7.82. The van der Waals surface area contributed by atoms with E-state index in [0.717, 1.165) is 24.2 Å². The zero-order valence-corrected chi connectivity index (χ0v) is 14.5. The van der Waals surface area contributed by atoms with Crippen LogP contribution in [-0.4, -0.2) is 47.2 Å². The minimum Gasteiger partial charge on any atom is -0.332 e. The second kappa shape index (κ2) is 6.35. The lowest BCUT2D eigenvalue weighted by atomic mass is 10.1. The third kappa shape index (κ3) is 3.48. The van der Waals surface area contributed by atoms with Crippen LogP contribution >= 0.6 is 0 Å². The average Bonchev–Trinajstić information content (AvgIpc) is 3.15. The van der Waals surface area contributed by atoms with Gasteiger partial charge >= 0.3 is 0 Å². The summed E-state index contributed by atoms with van der Waals surface area (Å²) >= 11 is 0. The Morgan fingerprint density at radius 2 is 2.04 bits per heavy atom. The Balaban J connectivity index is 1.72. The molecule has 0 aliphatic carbocycles. The minimum absolute atomic E-state index is 0.00654. The molecule has 0 radical (unpaired) electrons. The van der Waals surface area contributed by atoms with Crippen LogP contribution in [0.1, 0.15) is 36.1 Å². The Hall–Kier alpha value is -2.22. The molecule has 1 aromatic carbocycles. The van der Waals surface area contributed by atoms with E-state index in [-0.39, 0.29) is 23.3 Å². The van der Waals surface area contributed by atoms with Gasteiger partial charge < -0.3 is 4.90 Å². The molecule has 128 valence electrons. The largest absolute Gasteiger partial charge is 0.332 e. The SMILES string of the molecule is Cc1nc([C@H]2CCCN2C(=O)Cc2ccc(S(C)(=O)=O)cc2)n[nH]1. The molecule has 1 aliphatic heterocycles. The molecule has 8 heteroatoms. The molecule has 7 nitrogen and oxygen atoms in total. The van der Waals surface area contributed by atoms with Crippen molar-refractivity contribution in [2.45, 2.75) is 37.1 Å². The molecule has 3 rings (SSSR count). The van der Waals surface area contributed by atoms with Gasteiger partial charge in [-0.15, -0.1) is 0 Å². The maximum atomic E-state index is 12.6. The first-order valence-corrected chi connectivity index (χ1v) is 9.71. The number of likely N-dealkylation sites (tertiary alicyclic amines) is 1. The highest BCUT2D eigenvalue weighted by Gasteiger charge is 2.32. The van der Waals surface area contributed by atoms with E-state index in [1.807, 2.05) is 11.8 Å². The van der Waals surface area contributed by atoms with Gasteiger partial charge in [-0.05, 0) is 37.5 Å². The number of hydrogen-bond acceptors (Lipinski definition) is 5. The lowest BCUT2D eigenvalue weighted by molar-refractivity contribution is -0.131. The summed E-state index contributed by atoms with van der Waals surface area (Å²) in [5.74, 6) is 1.40. The number of aromatic amines is 1. The molecule has 1 aromatic heterocycles. The summed E-state index contributed by atoms with van der Waals surface area (Å²) in [4.78, 5) is 19.0. The van der Waals surface area contributed by atoms with Crippen LogP contribution < -0.4 is 0 Å². The molecule has 1 atom stereocenters. The van der Waals surface area contributed by atoms with Crippen LogP contribution in [0.4, 0.5) is 0 Å². The van der Waals surface area contributed by atoms with Crippen molar-refractivity contribution in [2.24, 2.45) is 0 Å². The second-order valence-electron chi connectivity index (χ2n) is 6.12. The molecule has 1 aliphatic rings. The smallest absolute Gasteiger partial charge is 0.227 e. The van der Waals surface area contributed by atoms with Crippen LogP contribution in [0.3, 0.4) is 0 Å². The number of benzene rings is 1. The number of amides is 1. The summed E-state index contributed by atoms with van der Waals surface area (Å²) in [5.41, 5.74) is 0.796. The van der Waals surface area contributed by atoms with Gasteiger partial charge in [0.2, 0.25) is 5.91 Å². The van der Waals surface area contributed by atoms with Gasteiger partial charge in [0.15, 0.2) is 15.7 Å². The Morgan fingerprint density at radius 3 is 2.62 bits per heavy atom. The summed E-state index contributed by atoms with van der Waals surface area (Å²) in [6.45, 7) is 2.53. The first kappa shape index (κ1) is 16.6. The van der Waals surface area contributed by atoms with Gasteiger partial charge in [0.05, 0.1) is 17.4 Å². The van der Waals surface area contributed by atoms with E-state index in [1.165, 1.54) is 18.4 Å². The van der Waals surface area contributed by atoms with E-state index in [2.05, 4.69) is 15.2 Å². The maximum absolute atomic E-state index is 12.6. The molecule has 2 aromatic rings. The van der Waals surface area contributed by atoms with E-state index in [9.17, 15) is 13.2 Å². The lowest BCUT2D eigenvalue weighted by Crippen LogP contribution is -2.32. The summed E-state index contributed by atoms with van der Waals surface area (Å²) < 4.78 is 23.0. The standard InChI is InChI=1S/C16H20N4O3S/c1-11-17-16(19-18-11)14-4-3-9-20(14)15(21)10-12-5-7-13(8-6-12)24(2,22)23/h5-8,14H,3-4,9-10H2,1-2H3,(H,17,18,19)/t14-/m1/s1. The Bertz CT molecular complexity index is 842. The molecule has 1 fully saturated rings. The van der Waals surface area contributed by atoms with Crippen molar-refractivity contribution in [3.8, 4) is 0 Å². The molecule has 1 N–H and O–H groups in total. The zero-order chi connectivity index (χ0) is 17.3. The number of nitrogens with zero attached hydrogens (tertiary/aromatic N) is 3. The molecular formula is C16H20N4O3S. The number of carbonyl (C=O) groups is 1. The molecule has 1 saturated heterocycles. The van der Waals surface area contributed by atoms with Gasteiger partial charge in [0.25, 0.3) is 0 Å². The van der Waals surface area contributed by atoms with Crippen LogP contribution in [0.2, 0.25) is 0 Å². The molecule has 24 heavy (non-hydrogen) atoms. The predicted molar refractivity (Wildman–Crippen MR) is 88.1 cm³/mol. The van der Waals surface area contributed by atoms with Crippen LogP contribution in [0.15, 0.2) is 29.2 Å². The van der Waals surface area contributed by atoms with Crippen molar-refractivity contribution >= 4 is 15.7 Å². The number of H-pyrrole nitrogens is 1. The lowest BCUT2D eigenvalue weighted by Gasteiger charge is -2.22. The number of hydrogen-bond donors (Lipinski definition) is 1. The van der Waals surface area contributed by atoms with E-state index in [1.54, 1.807) is 12.1 Å². The van der Waals surface area contributed by atoms with Crippen molar-refractivity contribution in [3.63, 3.8) is 0 Å². The number of sulfone groups is 1. The van der Waals surface area contributed by atoms with Gasteiger partial charge in [0.1, 0.15) is 5.82 Å². The Kier molecular flexibility index (Phi) is 4.40. The number of rotatable bonds is 4. The minimum atomic E-state index is -3.22. The van der Waals surface area contributed by atoms with Gasteiger partial charge in [-0.3, -0.25) is 9.89 Å². The van der Waals surface area contributed by atoms with Crippen LogP contribution in [-0.2, 0) is 21.1 Å². The fraction of sp³-hybridized carbons (Fsp3) is 0.438. The fourth-order valence-electron chi connectivity index (χ4n) is 2.97. The van der Waals surface area contributed by atoms with Crippen LogP contribution in [0.5, 0.6) is 0 Å². The van der Waals surface area contributed by atoms with E-state index >= 15 is 0 Å². The fourth-order valence-corrected chi connectivity index (χ4v) is 3.60. The van der Waals surface area contributed by atoms with E-state index in [0.29, 0.717) is 12.4 Å². The van der Waals surface area contributed by atoms with Gasteiger partial charge in [0, 0.05) is 12.8 Å². The highest BCUT2D eigenvalue weighted by molar-refractivity contribution is 7.90. The third-order valence-electron chi connectivity index (χ3n) is 4.19. The number of aromatic nitrogens is 3. The van der Waals surface area contributed by atoms with Crippen LogP contribution in [0.25, 0.3) is 0 Å². The molecule has 0 saturated carbocycles. The van der Waals surface area contributed by atoms with Crippen molar-refractivity contribution < 1.29 is 13.2 Å². The summed E-state index contributed by atoms with van der Waals surface area (Å²) in [6, 6.07) is 6.38. The monoisotopic (exact) mass is 348 g/mol. The second-order valence-corrected chi connectivity index (χ2v) is 8.13. The van der Waals surface area contributed by atoms with Gasteiger partial charge in [-0.2, -0.15) is 5.10 Å². The van der Waals surface area contributed by atoms with Crippen LogP contribution in [0, 0.1) is 6.92 Å². The Morgan fingerprint density at radius 1 is 1.33 bits per heavy atom. The highest BCUT2D eigenvalue weighted by Crippen LogP contribution is 2.30. The van der Waals surface area contributed by atoms with Crippen molar-refractivity contribution in [2.75, 3.05) is 12.8 Å². The van der Waals surface area contributed by atoms with E-state index in [4.69, 9.17) is 0 Å². The van der Waals surface area contributed by atoms with Crippen molar-refractivity contribution in [3.05, 3.63) is 41.5 Å². The van der Waals surface area contributed by atoms with Crippen molar-refractivity contribution in [1.29, 1.82) is 0 Å². The quantitative estimate of drug-likeness (QED) is 0.901. The normalized spacial score (nSPS) is 18.1. The molecule has 2 heterocycles. The number of aryl methyl sites for hydroxylation is 1. The molecule has 0 spiro atoms. The summed E-state index contributed by atoms with van der Waals surface area (Å²) in [7, 11) is -3.22. The summed E-state index contributed by atoms with van der Waals surface area (Å²) in [5, 5.41) is 7.00. The topological polar surface area (TPSA) is 96.0 Å². The number of nitrogens with one attached hydrogen (secondary N) is 1. The molecule has 0 bridgehead atoms. The average molecular weight is 348 g/mol. The summed E-state index contributed by atoms with van der Waals surface area (Å²) in [6.07, 6.45) is 3.19. The maximum Gasteiger partial charge on any atom is 0.227 e. The van der Waals surface area contributed by atoms with Gasteiger partial charge in [-0.1, -0.05) is 12.1 Å². The zero-order valence-electron chi connectivity index (χ0n) is 13.7.